The molecule has 2 aromatic carbocycles. The molecule has 0 saturated heterocycles. The lowest BCUT2D eigenvalue weighted by Crippen LogP contribution is -2.40. The second-order valence-electron chi connectivity index (χ2n) is 9.90. The maximum Gasteiger partial charge on any atom is 0.347 e. The van der Waals surface area contributed by atoms with Crippen LogP contribution in [0.15, 0.2) is 63.3 Å². The van der Waals surface area contributed by atoms with E-state index < -0.39 is 17.1 Å². The fourth-order valence-electron chi connectivity index (χ4n) is 4.62. The molecule has 1 fully saturated rings. The summed E-state index contributed by atoms with van der Waals surface area (Å²) in [6, 6.07) is 15.7. The average molecular weight is 495 g/mol. The Labute approximate surface area is 211 Å². The smallest absolute Gasteiger partial charge is 0.347 e. The molecule has 0 atom stereocenters. The number of carbonyl (C=O) groups excluding carboxylic acids is 1. The number of nitrogens with zero attached hydrogens (tertiary/aromatic N) is 2. The number of hydrogen-bond donors (Lipinski definition) is 1. The summed E-state index contributed by atoms with van der Waals surface area (Å²) in [6.07, 6.45) is 6.89. The van der Waals surface area contributed by atoms with Crippen molar-refractivity contribution in [3.8, 4) is 5.75 Å². The average Bonchev–Trinajstić information content (AvgIpc) is 3.39. The number of rotatable bonds is 10. The van der Waals surface area contributed by atoms with E-state index in [0.717, 1.165) is 66.1 Å². The van der Waals surface area contributed by atoms with Crippen molar-refractivity contribution in [3.63, 3.8) is 0 Å². The first-order chi connectivity index (χ1) is 16.7. The Hall–Kier alpha value is -2.80. The highest BCUT2D eigenvalue weighted by atomic mass is 32.2. The van der Waals surface area contributed by atoms with Crippen LogP contribution in [-0.2, 0) is 16.1 Å². The van der Waals surface area contributed by atoms with E-state index in [1.165, 1.54) is 13.8 Å². The lowest BCUT2D eigenvalue weighted by atomic mass is 9.98. The Morgan fingerprint density at radius 1 is 1.14 bits per heavy atom. The quantitative estimate of drug-likeness (QED) is 0.418. The summed E-state index contributed by atoms with van der Waals surface area (Å²) in [7, 11) is 0. The van der Waals surface area contributed by atoms with Crippen molar-refractivity contribution < 1.29 is 19.4 Å². The van der Waals surface area contributed by atoms with Gasteiger partial charge < -0.3 is 9.84 Å². The van der Waals surface area contributed by atoms with Crippen LogP contribution >= 0.6 is 11.8 Å². The Balaban J connectivity index is 1.43. The van der Waals surface area contributed by atoms with Crippen LogP contribution in [0.2, 0.25) is 0 Å². The summed E-state index contributed by atoms with van der Waals surface area (Å²) < 4.78 is 5.66. The number of benzene rings is 2. The summed E-state index contributed by atoms with van der Waals surface area (Å²) in [6.45, 7) is 5.79. The summed E-state index contributed by atoms with van der Waals surface area (Å²) in [5, 5.41) is 9.31. The number of carboxylic acid groups (broad SMARTS) is 1. The van der Waals surface area contributed by atoms with Crippen LogP contribution in [0.4, 0.5) is 0 Å². The standard InChI is InChI=1S/C28H34N2O4S/c1-4-5-11-24-29-28(16-6-7-17-28)25(31)30(24)19-20-12-14-22(15-13-20)35-23-10-8-9-21(18-23)34-27(2,3)26(32)33/h8-10,12-15,18H,4-7,11,16-17,19H2,1-3H3,(H,32,33). The number of aliphatic imine (C=N–C) groups is 1. The lowest BCUT2D eigenvalue weighted by Gasteiger charge is -2.23. The van der Waals surface area contributed by atoms with Gasteiger partial charge in [-0.1, -0.05) is 56.1 Å². The number of amidine groups is 1. The maximum absolute atomic E-state index is 13.3. The third-order valence-electron chi connectivity index (χ3n) is 6.68. The highest BCUT2D eigenvalue weighted by molar-refractivity contribution is 7.99. The SMILES string of the molecule is CCCCC1=NC2(CCCC2)C(=O)N1Cc1ccc(Sc2cccc(OC(C)(C)C(=O)O)c2)cc1. The van der Waals surface area contributed by atoms with E-state index in [1.54, 1.807) is 17.8 Å². The first kappa shape index (κ1) is 25.3. The van der Waals surface area contributed by atoms with Crippen molar-refractivity contribution in [3.05, 3.63) is 54.1 Å². The molecule has 0 bridgehead atoms. The predicted molar refractivity (Wildman–Crippen MR) is 138 cm³/mol. The largest absolute Gasteiger partial charge is 0.478 e. The van der Waals surface area contributed by atoms with Crippen LogP contribution in [0.3, 0.4) is 0 Å². The third kappa shape index (κ3) is 5.72. The summed E-state index contributed by atoms with van der Waals surface area (Å²) in [4.78, 5) is 33.6. The minimum Gasteiger partial charge on any atom is -0.478 e. The molecule has 35 heavy (non-hydrogen) atoms. The van der Waals surface area contributed by atoms with Crippen molar-refractivity contribution in [2.45, 2.75) is 93.2 Å². The molecule has 2 aliphatic rings. The third-order valence-corrected chi connectivity index (χ3v) is 7.67. The minimum absolute atomic E-state index is 0.181. The summed E-state index contributed by atoms with van der Waals surface area (Å²) in [5.41, 5.74) is -0.711. The van der Waals surface area contributed by atoms with Crippen LogP contribution in [0, 0.1) is 0 Å². The van der Waals surface area contributed by atoms with Gasteiger partial charge >= 0.3 is 5.97 Å². The van der Waals surface area contributed by atoms with E-state index in [0.29, 0.717) is 12.3 Å². The number of amides is 1. The van der Waals surface area contributed by atoms with Gasteiger partial charge in [0.15, 0.2) is 5.60 Å². The highest BCUT2D eigenvalue weighted by Crippen LogP contribution is 2.40. The second kappa shape index (κ2) is 10.4. The number of carboxylic acids is 1. The van der Waals surface area contributed by atoms with Crippen molar-refractivity contribution in [1.29, 1.82) is 0 Å². The topological polar surface area (TPSA) is 79.2 Å². The van der Waals surface area contributed by atoms with E-state index in [1.807, 2.05) is 23.1 Å². The Kier molecular flexibility index (Phi) is 7.55. The molecule has 1 N–H and O–H groups in total. The minimum atomic E-state index is -1.30. The van der Waals surface area contributed by atoms with E-state index in [4.69, 9.17) is 9.73 Å². The van der Waals surface area contributed by atoms with Gasteiger partial charge in [-0.2, -0.15) is 0 Å². The lowest BCUT2D eigenvalue weighted by molar-refractivity contribution is -0.152. The summed E-state index contributed by atoms with van der Waals surface area (Å²) >= 11 is 1.58. The molecule has 1 aliphatic carbocycles. The number of ether oxygens (including phenoxy) is 1. The first-order valence-electron chi connectivity index (χ1n) is 12.4. The fourth-order valence-corrected chi connectivity index (χ4v) is 5.49. The number of carbonyl (C=O) groups is 2. The molecule has 0 unspecified atom stereocenters. The summed E-state index contributed by atoms with van der Waals surface area (Å²) in [5.74, 6) is 0.648. The zero-order valence-corrected chi connectivity index (χ0v) is 21.6. The second-order valence-corrected chi connectivity index (χ2v) is 11.0. The number of unbranched alkanes of at least 4 members (excludes halogenated alkanes) is 1. The van der Waals surface area contributed by atoms with E-state index in [-0.39, 0.29) is 5.91 Å². The molecule has 1 saturated carbocycles. The monoisotopic (exact) mass is 494 g/mol. The molecule has 6 nitrogen and oxygen atoms in total. The van der Waals surface area contributed by atoms with E-state index >= 15 is 0 Å². The molecule has 1 aliphatic heterocycles. The van der Waals surface area contributed by atoms with Crippen LogP contribution in [0.1, 0.15) is 71.3 Å². The van der Waals surface area contributed by atoms with Gasteiger partial charge in [0.05, 0.1) is 6.54 Å². The molecule has 1 heterocycles. The Bertz CT molecular complexity index is 1100. The van der Waals surface area contributed by atoms with Crippen LogP contribution in [0.25, 0.3) is 0 Å². The molecule has 4 rings (SSSR count). The van der Waals surface area contributed by atoms with Crippen molar-refractivity contribution in [2.24, 2.45) is 4.99 Å². The van der Waals surface area contributed by atoms with Crippen LogP contribution < -0.4 is 4.74 Å². The molecule has 186 valence electrons. The van der Waals surface area contributed by atoms with Crippen LogP contribution in [-0.4, -0.2) is 38.9 Å². The predicted octanol–water partition coefficient (Wildman–Crippen LogP) is 6.32. The van der Waals surface area contributed by atoms with E-state index in [2.05, 4.69) is 31.2 Å². The normalized spacial score (nSPS) is 17.2. The van der Waals surface area contributed by atoms with Gasteiger partial charge in [0.2, 0.25) is 0 Å². The van der Waals surface area contributed by atoms with Crippen LogP contribution in [0.5, 0.6) is 5.75 Å². The highest BCUT2D eigenvalue weighted by Gasteiger charge is 2.49. The van der Waals surface area contributed by atoms with Crippen molar-refractivity contribution in [1.82, 2.24) is 4.90 Å². The van der Waals surface area contributed by atoms with Crippen molar-refractivity contribution in [2.75, 3.05) is 0 Å². The molecule has 1 spiro atoms. The molecule has 0 radical (unpaired) electrons. The molecule has 1 amide bonds. The first-order valence-corrected chi connectivity index (χ1v) is 13.2. The molecular weight excluding hydrogens is 460 g/mol. The van der Waals surface area contributed by atoms with Gasteiger partial charge in [0.1, 0.15) is 17.1 Å². The van der Waals surface area contributed by atoms with E-state index in [9.17, 15) is 14.7 Å². The fraction of sp³-hybridized carbons (Fsp3) is 0.464. The Morgan fingerprint density at radius 3 is 2.51 bits per heavy atom. The van der Waals surface area contributed by atoms with Gasteiger partial charge in [-0.25, -0.2) is 4.79 Å². The Morgan fingerprint density at radius 2 is 1.86 bits per heavy atom. The van der Waals surface area contributed by atoms with Gasteiger partial charge in [-0.05, 0) is 69.0 Å². The van der Waals surface area contributed by atoms with Gasteiger partial charge in [0.25, 0.3) is 5.91 Å². The maximum atomic E-state index is 13.3. The van der Waals surface area contributed by atoms with Gasteiger partial charge in [-0.3, -0.25) is 14.7 Å². The molecular formula is C28H34N2O4S. The zero-order chi connectivity index (χ0) is 25.1. The van der Waals surface area contributed by atoms with Gasteiger partial charge in [0, 0.05) is 16.2 Å². The number of hydrogen-bond acceptors (Lipinski definition) is 5. The zero-order valence-electron chi connectivity index (χ0n) is 20.8. The number of aliphatic carboxylic acids is 1. The van der Waals surface area contributed by atoms with Crippen molar-refractivity contribution >= 4 is 29.5 Å². The molecule has 2 aromatic rings. The molecule has 7 heteroatoms. The molecule has 0 aromatic heterocycles. The van der Waals surface area contributed by atoms with Gasteiger partial charge in [-0.15, -0.1) is 0 Å².